The smallest absolute Gasteiger partial charge is 0.339 e. The van der Waals surface area contributed by atoms with Crippen LogP contribution in [0, 0.1) is 5.92 Å². The monoisotopic (exact) mass is 568 g/mol. The molecule has 39 heavy (non-hydrogen) atoms. The van der Waals surface area contributed by atoms with E-state index >= 15 is 0 Å². The van der Waals surface area contributed by atoms with Crippen LogP contribution >= 0.6 is 0 Å². The number of ether oxygens (including phenoxy) is 6. The third-order valence-electron chi connectivity index (χ3n) is 7.87. The Morgan fingerprint density at radius 1 is 0.897 bits per heavy atom. The number of hydrogen-bond donors (Lipinski definition) is 9. The molecule has 2 saturated heterocycles. The van der Waals surface area contributed by atoms with E-state index in [4.69, 9.17) is 28.4 Å². The maximum atomic E-state index is 12.2. The van der Waals surface area contributed by atoms with Crippen molar-refractivity contribution in [3.63, 3.8) is 0 Å². The maximum Gasteiger partial charge on any atom is 0.339 e. The Labute approximate surface area is 222 Å². The van der Waals surface area contributed by atoms with Gasteiger partial charge in [-0.15, -0.1) is 0 Å². The van der Waals surface area contributed by atoms with Crippen molar-refractivity contribution in [2.45, 2.75) is 98.7 Å². The highest BCUT2D eigenvalue weighted by Gasteiger charge is 2.64. The first-order valence-electron chi connectivity index (χ1n) is 12.4. The molecule has 0 spiro atoms. The molecule has 0 aromatic heterocycles. The van der Waals surface area contributed by atoms with Crippen molar-refractivity contribution in [1.82, 2.24) is 0 Å². The van der Waals surface area contributed by atoms with Crippen LogP contribution < -0.4 is 0 Å². The highest BCUT2D eigenvalue weighted by Crippen LogP contribution is 2.52. The third-order valence-corrected chi connectivity index (χ3v) is 7.87. The van der Waals surface area contributed by atoms with Crippen LogP contribution in [0.15, 0.2) is 11.8 Å². The van der Waals surface area contributed by atoms with Crippen LogP contribution in [0.25, 0.3) is 0 Å². The predicted octanol–water partition coefficient (Wildman–Crippen LogP) is -5.07. The van der Waals surface area contributed by atoms with E-state index in [0.29, 0.717) is 0 Å². The lowest BCUT2D eigenvalue weighted by atomic mass is 9.77. The second-order valence-corrected chi connectivity index (χ2v) is 10.5. The molecule has 224 valence electrons. The molecule has 0 aromatic rings. The molecule has 0 aromatic carbocycles. The number of carbonyl (C=O) groups is 1. The SMILES string of the molecule is COC(=O)C1=COC(O[C@@H]2O[C@H](CO[C@@H]3O[C@H](CO)[C@@H](O)[C@H](O)[C@H]3O)[C@@H](O)[C@H](O)[C@H]2O)C2[C@@](C)(O)CC[C@]12O. The van der Waals surface area contributed by atoms with Crippen molar-refractivity contribution in [2.75, 3.05) is 20.3 Å². The molecule has 16 nitrogen and oxygen atoms in total. The third kappa shape index (κ3) is 5.42. The molecule has 4 aliphatic rings. The first kappa shape index (κ1) is 30.4. The zero-order valence-corrected chi connectivity index (χ0v) is 21.2. The molecule has 16 heteroatoms. The summed E-state index contributed by atoms with van der Waals surface area (Å²) >= 11 is 0. The average molecular weight is 569 g/mol. The summed E-state index contributed by atoms with van der Waals surface area (Å²) in [4.78, 5) is 12.2. The van der Waals surface area contributed by atoms with Gasteiger partial charge in [0.15, 0.2) is 12.6 Å². The normalized spacial score (nSPS) is 50.1. The fourth-order valence-corrected chi connectivity index (χ4v) is 5.54. The average Bonchev–Trinajstić information content (AvgIpc) is 3.17. The summed E-state index contributed by atoms with van der Waals surface area (Å²) in [5.74, 6) is -2.13. The van der Waals surface area contributed by atoms with Gasteiger partial charge in [-0.25, -0.2) is 4.79 Å². The number of fused-ring (bicyclic) bond motifs is 1. The van der Waals surface area contributed by atoms with Gasteiger partial charge in [0.25, 0.3) is 0 Å². The van der Waals surface area contributed by atoms with Gasteiger partial charge >= 0.3 is 5.97 Å². The Hall–Kier alpha value is -1.51. The van der Waals surface area contributed by atoms with Crippen molar-refractivity contribution in [3.05, 3.63) is 11.8 Å². The molecule has 3 fully saturated rings. The minimum absolute atomic E-state index is 0.0419. The van der Waals surface area contributed by atoms with Gasteiger partial charge in [-0.05, 0) is 19.8 Å². The first-order chi connectivity index (χ1) is 18.3. The van der Waals surface area contributed by atoms with E-state index in [2.05, 4.69) is 0 Å². The Bertz CT molecular complexity index is 911. The molecule has 4 rings (SSSR count). The lowest BCUT2D eigenvalue weighted by Gasteiger charge is -2.46. The Kier molecular flexibility index (Phi) is 8.90. The lowest BCUT2D eigenvalue weighted by molar-refractivity contribution is -0.360. The van der Waals surface area contributed by atoms with Gasteiger partial charge in [-0.3, -0.25) is 0 Å². The molecule has 14 atom stereocenters. The van der Waals surface area contributed by atoms with Crippen LogP contribution in [0.2, 0.25) is 0 Å². The summed E-state index contributed by atoms with van der Waals surface area (Å²) in [5, 5.41) is 93.1. The zero-order chi connectivity index (χ0) is 28.9. The van der Waals surface area contributed by atoms with E-state index < -0.39 is 104 Å². The van der Waals surface area contributed by atoms with Gasteiger partial charge in [-0.2, -0.15) is 0 Å². The zero-order valence-electron chi connectivity index (χ0n) is 21.2. The molecule has 0 bridgehead atoms. The van der Waals surface area contributed by atoms with Crippen molar-refractivity contribution in [1.29, 1.82) is 0 Å². The fourth-order valence-electron chi connectivity index (χ4n) is 5.54. The lowest BCUT2D eigenvalue weighted by Crippen LogP contribution is -2.63. The van der Waals surface area contributed by atoms with Gasteiger partial charge in [0, 0.05) is 0 Å². The topological polar surface area (TPSA) is 255 Å². The van der Waals surface area contributed by atoms with Crippen molar-refractivity contribution < 1.29 is 79.2 Å². The van der Waals surface area contributed by atoms with Gasteiger partial charge in [0.1, 0.15) is 60.0 Å². The number of aliphatic hydroxyl groups excluding tert-OH is 7. The summed E-state index contributed by atoms with van der Waals surface area (Å²) in [6.45, 7) is 0.124. The number of esters is 1. The van der Waals surface area contributed by atoms with Gasteiger partial charge in [0.2, 0.25) is 6.29 Å². The van der Waals surface area contributed by atoms with E-state index in [1.165, 1.54) is 6.92 Å². The van der Waals surface area contributed by atoms with Crippen molar-refractivity contribution >= 4 is 5.97 Å². The Morgan fingerprint density at radius 3 is 2.10 bits per heavy atom. The highest BCUT2D eigenvalue weighted by molar-refractivity contribution is 5.90. The number of aliphatic hydroxyl groups is 9. The number of carbonyl (C=O) groups excluding carboxylic acids is 1. The van der Waals surface area contributed by atoms with Crippen LogP contribution in [-0.4, -0.2) is 151 Å². The summed E-state index contributed by atoms with van der Waals surface area (Å²) in [6, 6.07) is 0. The Balaban J connectivity index is 1.48. The van der Waals surface area contributed by atoms with Gasteiger partial charge < -0.3 is 74.4 Å². The number of rotatable bonds is 7. The van der Waals surface area contributed by atoms with Crippen molar-refractivity contribution in [3.8, 4) is 0 Å². The Morgan fingerprint density at radius 2 is 1.49 bits per heavy atom. The maximum absolute atomic E-state index is 12.2. The molecule has 0 radical (unpaired) electrons. The number of hydrogen-bond acceptors (Lipinski definition) is 16. The first-order valence-corrected chi connectivity index (χ1v) is 12.4. The molecular formula is C23H36O16. The molecule has 1 aliphatic carbocycles. The van der Waals surface area contributed by atoms with E-state index in [9.17, 15) is 50.8 Å². The van der Waals surface area contributed by atoms with Crippen LogP contribution in [-0.2, 0) is 33.2 Å². The standard InChI is InChI=1S/C23H36O16/c1-22(32)3-4-23(33)8(18(31)34-2)6-35-21(17(22)23)39-20-16(30)14(28)12(26)10(38-20)7-36-19-15(29)13(27)11(25)9(5-24)37-19/h6,9-17,19-21,24-30,32-33H,3-5,7H2,1-2H3/t9-,10-,11-,12-,13+,14+,15-,16-,17?,19-,20+,21?,22+,23+/m1/s1. The number of methoxy groups -OCH3 is 1. The minimum Gasteiger partial charge on any atom is -0.471 e. The largest absolute Gasteiger partial charge is 0.471 e. The minimum atomic E-state index is -1.91. The van der Waals surface area contributed by atoms with Crippen LogP contribution in [0.1, 0.15) is 19.8 Å². The molecule has 0 amide bonds. The van der Waals surface area contributed by atoms with E-state index in [1.807, 2.05) is 0 Å². The summed E-state index contributed by atoms with van der Waals surface area (Å²) in [6.07, 6.45) is -16.9. The molecule has 2 unspecified atom stereocenters. The van der Waals surface area contributed by atoms with E-state index in [-0.39, 0.29) is 18.4 Å². The second-order valence-electron chi connectivity index (χ2n) is 10.5. The second kappa shape index (κ2) is 11.4. The van der Waals surface area contributed by atoms with E-state index in [0.717, 1.165) is 13.4 Å². The molecule has 3 heterocycles. The summed E-state index contributed by atoms with van der Waals surface area (Å²) in [7, 11) is 1.11. The summed E-state index contributed by atoms with van der Waals surface area (Å²) < 4.78 is 32.1. The van der Waals surface area contributed by atoms with Crippen LogP contribution in [0.5, 0.6) is 0 Å². The van der Waals surface area contributed by atoms with Gasteiger partial charge in [-0.1, -0.05) is 0 Å². The van der Waals surface area contributed by atoms with Crippen LogP contribution in [0.3, 0.4) is 0 Å². The molecule has 9 N–H and O–H groups in total. The van der Waals surface area contributed by atoms with Crippen LogP contribution in [0.4, 0.5) is 0 Å². The predicted molar refractivity (Wildman–Crippen MR) is 121 cm³/mol. The molecule has 3 aliphatic heterocycles. The summed E-state index contributed by atoms with van der Waals surface area (Å²) in [5.41, 5.74) is -3.75. The van der Waals surface area contributed by atoms with Crippen molar-refractivity contribution in [2.24, 2.45) is 5.92 Å². The van der Waals surface area contributed by atoms with E-state index in [1.54, 1.807) is 0 Å². The molecular weight excluding hydrogens is 532 g/mol. The molecule has 1 saturated carbocycles. The quantitative estimate of drug-likeness (QED) is 0.130. The highest BCUT2D eigenvalue weighted by atomic mass is 16.8. The van der Waals surface area contributed by atoms with Gasteiger partial charge in [0.05, 0.1) is 38.1 Å². The fraction of sp³-hybridized carbons (Fsp3) is 0.870.